The van der Waals surface area contributed by atoms with Crippen molar-refractivity contribution in [1.82, 2.24) is 9.55 Å². The number of aliphatic hydroxyl groups is 1. The third-order valence-electron chi connectivity index (χ3n) is 2.54. The molecule has 0 fully saturated rings. The van der Waals surface area contributed by atoms with Crippen LogP contribution in [-0.4, -0.2) is 21.3 Å². The third kappa shape index (κ3) is 3.80. The van der Waals surface area contributed by atoms with Crippen LogP contribution in [0.1, 0.15) is 17.5 Å². The average Bonchev–Trinajstić information content (AvgIpc) is 2.42. The highest BCUT2D eigenvalue weighted by Crippen LogP contribution is 2.05. The van der Waals surface area contributed by atoms with E-state index in [0.29, 0.717) is 13.0 Å². The molecule has 2 aromatic rings. The Balaban J connectivity index is 2.19. The highest BCUT2D eigenvalue weighted by atomic mass is 16.2. The van der Waals surface area contributed by atoms with Crippen molar-refractivity contribution in [2.24, 2.45) is 0 Å². The Bertz CT molecular complexity index is 665. The van der Waals surface area contributed by atoms with Crippen molar-refractivity contribution in [1.29, 1.82) is 0 Å². The van der Waals surface area contributed by atoms with Crippen molar-refractivity contribution in [2.45, 2.75) is 13.0 Å². The van der Waals surface area contributed by atoms with Gasteiger partial charge in [0.25, 0.3) is 5.56 Å². The van der Waals surface area contributed by atoms with Crippen LogP contribution in [0.25, 0.3) is 0 Å². The second kappa shape index (κ2) is 6.53. The minimum absolute atomic E-state index is 0.0672. The Kier molecular flexibility index (Phi) is 4.49. The van der Waals surface area contributed by atoms with Crippen molar-refractivity contribution in [3.63, 3.8) is 0 Å². The van der Waals surface area contributed by atoms with Crippen LogP contribution in [0.5, 0.6) is 0 Å². The molecule has 1 aromatic carbocycles. The van der Waals surface area contributed by atoms with E-state index in [1.54, 1.807) is 4.57 Å². The summed E-state index contributed by atoms with van der Waals surface area (Å²) in [6.07, 6.45) is 3.47. The third-order valence-corrected chi connectivity index (χ3v) is 2.54. The molecule has 0 aliphatic carbocycles. The summed E-state index contributed by atoms with van der Waals surface area (Å²) < 4.78 is 1.54. The highest BCUT2D eigenvalue weighted by Gasteiger charge is 1.98. The van der Waals surface area contributed by atoms with E-state index in [1.165, 1.54) is 18.6 Å². The second-order valence-corrected chi connectivity index (χ2v) is 4.02. The first-order valence-corrected chi connectivity index (χ1v) is 5.99. The van der Waals surface area contributed by atoms with Gasteiger partial charge in [0.2, 0.25) is 0 Å². The molecule has 1 N–H and O–H groups in total. The molecule has 1 aromatic heterocycles. The smallest absolute Gasteiger partial charge is 0.253 e. The molecule has 0 bridgehead atoms. The number of aromatic nitrogens is 2. The van der Waals surface area contributed by atoms with E-state index >= 15 is 0 Å². The van der Waals surface area contributed by atoms with E-state index in [-0.39, 0.29) is 12.2 Å². The van der Waals surface area contributed by atoms with Crippen molar-refractivity contribution in [3.8, 4) is 11.8 Å². The predicted octanol–water partition coefficient (Wildman–Crippen LogP) is 1.03. The Morgan fingerprint density at radius 1 is 1.32 bits per heavy atom. The molecule has 0 radical (unpaired) electrons. The molecule has 4 heteroatoms. The first-order chi connectivity index (χ1) is 9.29. The standard InChI is InChI=1S/C15H14N2O2/c18-9-2-1-4-13-5-3-6-14(10-13)11-17-12-16-8-7-15(17)19/h3,5-8,10,12,18H,2,9,11H2. The van der Waals surface area contributed by atoms with Gasteiger partial charge >= 0.3 is 0 Å². The van der Waals surface area contributed by atoms with E-state index in [9.17, 15) is 4.79 Å². The summed E-state index contributed by atoms with van der Waals surface area (Å²) in [5.74, 6) is 5.85. The zero-order chi connectivity index (χ0) is 13.5. The lowest BCUT2D eigenvalue weighted by Gasteiger charge is -2.04. The molecule has 4 nitrogen and oxygen atoms in total. The van der Waals surface area contributed by atoms with Crippen LogP contribution in [0.15, 0.2) is 47.7 Å². The van der Waals surface area contributed by atoms with Gasteiger partial charge < -0.3 is 5.11 Å². The maximum absolute atomic E-state index is 11.6. The predicted molar refractivity (Wildman–Crippen MR) is 72.6 cm³/mol. The van der Waals surface area contributed by atoms with E-state index < -0.39 is 0 Å². The topological polar surface area (TPSA) is 55.1 Å². The summed E-state index contributed by atoms with van der Waals surface area (Å²) in [5, 5.41) is 8.68. The quantitative estimate of drug-likeness (QED) is 0.832. The van der Waals surface area contributed by atoms with E-state index in [2.05, 4.69) is 16.8 Å². The van der Waals surface area contributed by atoms with Crippen LogP contribution < -0.4 is 5.56 Å². The Morgan fingerprint density at radius 2 is 2.21 bits per heavy atom. The molecule has 1 heterocycles. The van der Waals surface area contributed by atoms with Crippen molar-refractivity contribution >= 4 is 0 Å². The minimum atomic E-state index is -0.0771. The molecule has 0 atom stereocenters. The molecule has 0 aliphatic rings. The average molecular weight is 254 g/mol. The fourth-order valence-corrected chi connectivity index (χ4v) is 1.66. The Hall–Kier alpha value is -2.38. The maximum Gasteiger partial charge on any atom is 0.253 e. The molecule has 0 saturated heterocycles. The fourth-order valence-electron chi connectivity index (χ4n) is 1.66. The number of rotatable bonds is 3. The molecular weight excluding hydrogens is 240 g/mol. The second-order valence-electron chi connectivity index (χ2n) is 4.02. The fraction of sp³-hybridized carbons (Fsp3) is 0.200. The van der Waals surface area contributed by atoms with Crippen molar-refractivity contribution in [2.75, 3.05) is 6.61 Å². The zero-order valence-corrected chi connectivity index (χ0v) is 10.4. The minimum Gasteiger partial charge on any atom is -0.395 e. The number of aliphatic hydroxyl groups excluding tert-OH is 1. The molecule has 19 heavy (non-hydrogen) atoms. The van der Waals surface area contributed by atoms with E-state index in [4.69, 9.17) is 5.11 Å². The lowest BCUT2D eigenvalue weighted by Crippen LogP contribution is -2.19. The lowest BCUT2D eigenvalue weighted by molar-refractivity contribution is 0.305. The summed E-state index contributed by atoms with van der Waals surface area (Å²) in [7, 11) is 0. The summed E-state index contributed by atoms with van der Waals surface area (Å²) >= 11 is 0. The summed E-state index contributed by atoms with van der Waals surface area (Å²) in [5.41, 5.74) is 1.79. The van der Waals surface area contributed by atoms with Gasteiger partial charge in [-0.15, -0.1) is 0 Å². The molecule has 0 unspecified atom stereocenters. The Labute approximate surface area is 111 Å². The maximum atomic E-state index is 11.6. The molecular formula is C15H14N2O2. The highest BCUT2D eigenvalue weighted by molar-refractivity contribution is 5.37. The van der Waals surface area contributed by atoms with Gasteiger partial charge in [-0.25, -0.2) is 4.98 Å². The number of nitrogens with zero attached hydrogens (tertiary/aromatic N) is 2. The van der Waals surface area contributed by atoms with Crippen LogP contribution in [0.3, 0.4) is 0 Å². The first-order valence-electron chi connectivity index (χ1n) is 5.99. The first kappa shape index (κ1) is 13.1. The SMILES string of the molecule is O=c1ccncn1Cc1cccc(C#CCCO)c1. The number of benzene rings is 1. The normalized spacial score (nSPS) is 9.74. The van der Waals surface area contributed by atoms with Crippen molar-refractivity contribution in [3.05, 3.63) is 64.3 Å². The van der Waals surface area contributed by atoms with E-state index in [1.807, 2.05) is 24.3 Å². The van der Waals surface area contributed by atoms with Gasteiger partial charge in [0.15, 0.2) is 0 Å². The van der Waals surface area contributed by atoms with Crippen molar-refractivity contribution < 1.29 is 5.11 Å². The van der Waals surface area contributed by atoms with Gasteiger partial charge in [-0.3, -0.25) is 9.36 Å². The summed E-state index contributed by atoms with van der Waals surface area (Å²) in [6, 6.07) is 9.12. The van der Waals surface area contributed by atoms with Gasteiger partial charge in [0.05, 0.1) is 19.5 Å². The molecule has 0 amide bonds. The number of hydrogen-bond acceptors (Lipinski definition) is 3. The van der Waals surface area contributed by atoms with Gasteiger partial charge in [-0.1, -0.05) is 24.0 Å². The molecule has 96 valence electrons. The van der Waals surface area contributed by atoms with Crippen LogP contribution in [-0.2, 0) is 6.54 Å². The molecule has 2 rings (SSSR count). The largest absolute Gasteiger partial charge is 0.395 e. The molecule has 0 spiro atoms. The zero-order valence-electron chi connectivity index (χ0n) is 10.4. The summed E-state index contributed by atoms with van der Waals surface area (Å²) in [6.45, 7) is 0.542. The number of hydrogen-bond donors (Lipinski definition) is 1. The van der Waals surface area contributed by atoms with E-state index in [0.717, 1.165) is 11.1 Å². The van der Waals surface area contributed by atoms with Crippen LogP contribution in [0, 0.1) is 11.8 Å². The van der Waals surface area contributed by atoms with Crippen LogP contribution in [0.4, 0.5) is 0 Å². The lowest BCUT2D eigenvalue weighted by atomic mass is 10.1. The monoisotopic (exact) mass is 254 g/mol. The molecule has 0 saturated carbocycles. The van der Waals surface area contributed by atoms with Crippen LogP contribution >= 0.6 is 0 Å². The van der Waals surface area contributed by atoms with Gasteiger partial charge in [0, 0.05) is 24.2 Å². The Morgan fingerprint density at radius 3 is 3.00 bits per heavy atom. The van der Waals surface area contributed by atoms with Gasteiger partial charge in [-0.2, -0.15) is 0 Å². The van der Waals surface area contributed by atoms with Gasteiger partial charge in [-0.05, 0) is 17.7 Å². The molecule has 0 aliphatic heterocycles. The van der Waals surface area contributed by atoms with Crippen LogP contribution in [0.2, 0.25) is 0 Å². The summed E-state index contributed by atoms with van der Waals surface area (Å²) in [4.78, 5) is 15.5. The van der Waals surface area contributed by atoms with Gasteiger partial charge in [0.1, 0.15) is 0 Å².